The number of hydrogen-bond acceptors (Lipinski definition) is 4. The number of allylic oxidation sites excluding steroid dienone is 6. The van der Waals surface area contributed by atoms with Crippen LogP contribution < -0.4 is 14.9 Å². The van der Waals surface area contributed by atoms with Crippen molar-refractivity contribution in [2.24, 2.45) is 5.92 Å². The fraction of sp³-hybridized carbons (Fsp3) is 0.519. The molecule has 0 radical (unpaired) electrons. The molecular formula is C27H41NO4. The summed E-state index contributed by atoms with van der Waals surface area (Å²) in [5.41, 5.74) is 5.07. The molecule has 5 nitrogen and oxygen atoms in total. The van der Waals surface area contributed by atoms with Crippen LogP contribution in [0.5, 0.6) is 11.6 Å². The third-order valence-corrected chi connectivity index (χ3v) is 5.59. The summed E-state index contributed by atoms with van der Waals surface area (Å²) in [5.74, 6) is 0.871. The first kappa shape index (κ1) is 27.5. The number of aromatic nitrogens is 1. The molecule has 0 amide bonds. The van der Waals surface area contributed by atoms with Gasteiger partial charge in [0.1, 0.15) is 0 Å². The van der Waals surface area contributed by atoms with E-state index in [-0.39, 0.29) is 17.3 Å². The maximum Gasteiger partial charge on any atom is 0.238 e. The van der Waals surface area contributed by atoms with Gasteiger partial charge in [-0.15, -0.1) is 0 Å². The van der Waals surface area contributed by atoms with Gasteiger partial charge in [0.25, 0.3) is 0 Å². The molecule has 1 aromatic heterocycles. The Labute approximate surface area is 193 Å². The van der Waals surface area contributed by atoms with Crippen molar-refractivity contribution in [1.29, 1.82) is 0 Å². The quantitative estimate of drug-likeness (QED) is 0.314. The summed E-state index contributed by atoms with van der Waals surface area (Å²) >= 11 is 0. The van der Waals surface area contributed by atoms with Crippen LogP contribution >= 0.6 is 0 Å². The van der Waals surface area contributed by atoms with E-state index in [0.717, 1.165) is 18.5 Å². The van der Waals surface area contributed by atoms with Gasteiger partial charge < -0.3 is 19.2 Å². The third kappa shape index (κ3) is 7.86. The summed E-state index contributed by atoms with van der Waals surface area (Å²) in [6, 6.07) is 0. The Morgan fingerprint density at radius 2 is 1.78 bits per heavy atom. The van der Waals surface area contributed by atoms with Gasteiger partial charge in [0.2, 0.25) is 17.1 Å². The monoisotopic (exact) mass is 443 g/mol. The van der Waals surface area contributed by atoms with E-state index < -0.39 is 0 Å². The van der Waals surface area contributed by atoms with Crippen LogP contribution in [0.3, 0.4) is 0 Å². The van der Waals surface area contributed by atoms with Gasteiger partial charge in [0.15, 0.2) is 0 Å². The highest BCUT2D eigenvalue weighted by atomic mass is 16.5. The molecule has 5 heteroatoms. The zero-order valence-electron chi connectivity index (χ0n) is 21.3. The van der Waals surface area contributed by atoms with Crippen molar-refractivity contribution in [1.82, 2.24) is 4.98 Å². The molecular weight excluding hydrogens is 402 g/mol. The second-order valence-corrected chi connectivity index (χ2v) is 8.27. The van der Waals surface area contributed by atoms with Crippen LogP contribution in [0.4, 0.5) is 0 Å². The molecule has 0 aliphatic rings. The number of aromatic amines is 1. The summed E-state index contributed by atoms with van der Waals surface area (Å²) in [5, 5.41) is 0. The molecule has 0 aliphatic heterocycles. The summed E-state index contributed by atoms with van der Waals surface area (Å²) in [6.07, 6.45) is 13.5. The van der Waals surface area contributed by atoms with Crippen molar-refractivity contribution in [2.45, 2.75) is 66.9 Å². The zero-order chi connectivity index (χ0) is 24.3. The second kappa shape index (κ2) is 13.8. The Balaban J connectivity index is 2.82. The van der Waals surface area contributed by atoms with E-state index in [2.05, 4.69) is 70.0 Å². The summed E-state index contributed by atoms with van der Waals surface area (Å²) in [7, 11) is 4.76. The Morgan fingerprint density at radius 1 is 1.09 bits per heavy atom. The molecule has 178 valence electrons. The first-order valence-electron chi connectivity index (χ1n) is 11.2. The number of hydrogen-bond donors (Lipinski definition) is 1. The van der Waals surface area contributed by atoms with Gasteiger partial charge in [-0.1, -0.05) is 55.4 Å². The van der Waals surface area contributed by atoms with Gasteiger partial charge in [0, 0.05) is 30.7 Å². The standard InChI is InChI=1S/C27H41NO4/c1-10-12-20(4)25(30-7)21(5)17-19(3)14-11-13-18(2)15-16-23-22(6)24(29)26(31-8)27(28-23)32-9/h11-12,14-15,17,21,25H,10,13,16H2,1-9H3,(H,28,29). The number of rotatable bonds is 12. The molecule has 0 aromatic carbocycles. The molecule has 0 bridgehead atoms. The number of H-pyrrole nitrogens is 1. The number of nitrogens with one attached hydrogen (secondary N) is 1. The lowest BCUT2D eigenvalue weighted by Gasteiger charge is -2.21. The van der Waals surface area contributed by atoms with Crippen molar-refractivity contribution in [3.05, 3.63) is 68.6 Å². The van der Waals surface area contributed by atoms with E-state index in [4.69, 9.17) is 14.2 Å². The lowest BCUT2D eigenvalue weighted by molar-refractivity contribution is 0.103. The summed E-state index contributed by atoms with van der Waals surface area (Å²) in [4.78, 5) is 15.6. The molecule has 2 unspecified atom stereocenters. The van der Waals surface area contributed by atoms with Crippen molar-refractivity contribution < 1.29 is 14.2 Å². The first-order chi connectivity index (χ1) is 15.2. The molecule has 0 aliphatic carbocycles. The Kier molecular flexibility index (Phi) is 11.9. The highest BCUT2D eigenvalue weighted by Gasteiger charge is 2.16. The van der Waals surface area contributed by atoms with Gasteiger partial charge in [-0.05, 0) is 46.1 Å². The largest absolute Gasteiger partial charge is 0.488 e. The topological polar surface area (TPSA) is 60.6 Å². The van der Waals surface area contributed by atoms with Crippen LogP contribution in [0, 0.1) is 12.8 Å². The van der Waals surface area contributed by atoms with Crippen LogP contribution in [-0.4, -0.2) is 32.4 Å². The lowest BCUT2D eigenvalue weighted by atomic mass is 9.95. The molecule has 1 rings (SSSR count). The first-order valence-corrected chi connectivity index (χ1v) is 11.2. The van der Waals surface area contributed by atoms with Crippen molar-refractivity contribution in [3.63, 3.8) is 0 Å². The summed E-state index contributed by atoms with van der Waals surface area (Å²) in [6.45, 7) is 12.5. The van der Waals surface area contributed by atoms with E-state index >= 15 is 0 Å². The van der Waals surface area contributed by atoms with Gasteiger partial charge in [-0.3, -0.25) is 4.79 Å². The fourth-order valence-electron chi connectivity index (χ4n) is 3.83. The molecule has 0 saturated carbocycles. The SMILES string of the molecule is CCC=C(C)C(OC)C(C)C=C(C)C=CCC(C)=CCc1[nH]c(OC)c(OC)c(=O)c1C. The van der Waals surface area contributed by atoms with Gasteiger partial charge in [0.05, 0.1) is 20.3 Å². The average molecular weight is 444 g/mol. The maximum atomic E-state index is 12.5. The van der Waals surface area contributed by atoms with Gasteiger partial charge >= 0.3 is 0 Å². The Hall–Kier alpha value is -2.53. The molecule has 2 atom stereocenters. The minimum atomic E-state index is -0.141. The van der Waals surface area contributed by atoms with Crippen LogP contribution in [0.15, 0.2) is 51.9 Å². The van der Waals surface area contributed by atoms with Gasteiger partial charge in [-0.25, -0.2) is 0 Å². The van der Waals surface area contributed by atoms with Crippen LogP contribution in [0.25, 0.3) is 0 Å². The summed E-state index contributed by atoms with van der Waals surface area (Å²) < 4.78 is 16.1. The highest BCUT2D eigenvalue weighted by Crippen LogP contribution is 2.22. The van der Waals surface area contributed by atoms with Crippen molar-refractivity contribution in [3.8, 4) is 11.6 Å². The smallest absolute Gasteiger partial charge is 0.238 e. The molecule has 1 aromatic rings. The molecule has 0 spiro atoms. The Bertz CT molecular complexity index is 918. The fourth-order valence-corrected chi connectivity index (χ4v) is 3.83. The minimum absolute atomic E-state index is 0.104. The van der Waals surface area contributed by atoms with E-state index in [0.29, 0.717) is 23.8 Å². The number of methoxy groups -OCH3 is 3. The van der Waals surface area contributed by atoms with Crippen molar-refractivity contribution >= 4 is 0 Å². The predicted octanol–water partition coefficient (Wildman–Crippen LogP) is 6.09. The van der Waals surface area contributed by atoms with Crippen LogP contribution in [0.2, 0.25) is 0 Å². The number of ether oxygens (including phenoxy) is 3. The predicted molar refractivity (Wildman–Crippen MR) is 134 cm³/mol. The van der Waals surface area contributed by atoms with Crippen molar-refractivity contribution in [2.75, 3.05) is 21.3 Å². The van der Waals surface area contributed by atoms with Crippen LogP contribution in [-0.2, 0) is 11.2 Å². The highest BCUT2D eigenvalue weighted by molar-refractivity contribution is 5.40. The Morgan fingerprint density at radius 3 is 2.34 bits per heavy atom. The van der Waals surface area contributed by atoms with Gasteiger partial charge in [-0.2, -0.15) is 0 Å². The van der Waals surface area contributed by atoms with E-state index in [9.17, 15) is 4.79 Å². The molecule has 32 heavy (non-hydrogen) atoms. The molecule has 0 fully saturated rings. The van der Waals surface area contributed by atoms with E-state index in [1.807, 2.05) is 0 Å². The average Bonchev–Trinajstić information content (AvgIpc) is 2.75. The zero-order valence-corrected chi connectivity index (χ0v) is 21.3. The van der Waals surface area contributed by atoms with E-state index in [1.54, 1.807) is 14.0 Å². The molecule has 1 N–H and O–H groups in total. The minimum Gasteiger partial charge on any atom is -0.488 e. The molecule has 0 saturated heterocycles. The maximum absolute atomic E-state index is 12.5. The second-order valence-electron chi connectivity index (χ2n) is 8.27. The normalized spacial score (nSPS) is 15.2. The number of pyridine rings is 1. The lowest BCUT2D eigenvalue weighted by Crippen LogP contribution is -2.20. The van der Waals surface area contributed by atoms with Crippen LogP contribution in [0.1, 0.15) is 58.7 Å². The van der Waals surface area contributed by atoms with E-state index in [1.165, 1.54) is 30.9 Å². The molecule has 1 heterocycles. The third-order valence-electron chi connectivity index (χ3n) is 5.59.